The molecule has 0 saturated heterocycles. The number of sulfonamides is 1. The van der Waals surface area contributed by atoms with E-state index in [0.29, 0.717) is 21.9 Å². The van der Waals surface area contributed by atoms with Crippen LogP contribution in [0.5, 0.6) is 5.75 Å². The third-order valence-corrected chi connectivity index (χ3v) is 8.70. The fraction of sp³-hybridized carbons (Fsp3) is 0.125. The number of carbonyl (C=O) groups is 1. The molecule has 0 unspecified atom stereocenters. The molecule has 206 valence electrons. The van der Waals surface area contributed by atoms with Crippen LogP contribution in [0.1, 0.15) is 16.7 Å². The molecule has 2 N–H and O–H groups in total. The third kappa shape index (κ3) is 5.01. The van der Waals surface area contributed by atoms with Crippen LogP contribution in [-0.2, 0) is 21.2 Å². The SMILES string of the molecule is Cc1ccc(S(=O)(=O)N[C@@H](Cc2c[nH]c3ccccc23)C(=O)Oc2ccc3c(oc(=O)c4ccccc43)c2C)cc1. The number of carbonyl (C=O) groups excluding carboxylic acids is 1. The van der Waals surface area contributed by atoms with E-state index in [0.717, 1.165) is 27.4 Å². The molecular formula is C32H26N2O6S. The molecule has 0 aliphatic carbocycles. The van der Waals surface area contributed by atoms with E-state index in [-0.39, 0.29) is 17.1 Å². The van der Waals surface area contributed by atoms with E-state index in [9.17, 15) is 18.0 Å². The fourth-order valence-corrected chi connectivity index (χ4v) is 6.20. The zero-order chi connectivity index (χ0) is 28.7. The largest absolute Gasteiger partial charge is 0.425 e. The maximum atomic E-state index is 13.7. The van der Waals surface area contributed by atoms with Crippen LogP contribution in [0.3, 0.4) is 0 Å². The van der Waals surface area contributed by atoms with Gasteiger partial charge in [-0.15, -0.1) is 0 Å². The van der Waals surface area contributed by atoms with Gasteiger partial charge in [-0.05, 0) is 61.2 Å². The van der Waals surface area contributed by atoms with Crippen LogP contribution in [0.4, 0.5) is 0 Å². The summed E-state index contributed by atoms with van der Waals surface area (Å²) in [5, 5.41) is 2.75. The molecule has 8 nitrogen and oxygen atoms in total. The van der Waals surface area contributed by atoms with Crippen molar-refractivity contribution in [3.05, 3.63) is 118 Å². The Morgan fingerprint density at radius 3 is 2.32 bits per heavy atom. The molecule has 4 aromatic carbocycles. The summed E-state index contributed by atoms with van der Waals surface area (Å²) in [5.41, 5.74) is 2.77. The van der Waals surface area contributed by atoms with Crippen LogP contribution in [-0.4, -0.2) is 25.4 Å². The molecule has 0 radical (unpaired) electrons. The number of aryl methyl sites for hydroxylation is 2. The highest BCUT2D eigenvalue weighted by atomic mass is 32.2. The van der Waals surface area contributed by atoms with Crippen LogP contribution < -0.4 is 15.1 Å². The number of nitrogens with one attached hydrogen (secondary N) is 2. The highest BCUT2D eigenvalue weighted by Crippen LogP contribution is 2.31. The van der Waals surface area contributed by atoms with Gasteiger partial charge < -0.3 is 14.1 Å². The lowest BCUT2D eigenvalue weighted by Crippen LogP contribution is -2.44. The van der Waals surface area contributed by atoms with Crippen molar-refractivity contribution >= 4 is 48.6 Å². The quantitative estimate of drug-likeness (QED) is 0.113. The zero-order valence-electron chi connectivity index (χ0n) is 22.3. The van der Waals surface area contributed by atoms with E-state index in [2.05, 4.69) is 9.71 Å². The minimum absolute atomic E-state index is 0.0374. The molecule has 0 saturated carbocycles. The van der Waals surface area contributed by atoms with Crippen molar-refractivity contribution in [3.8, 4) is 5.75 Å². The Hall–Kier alpha value is -4.73. The third-order valence-electron chi connectivity index (χ3n) is 7.21. The zero-order valence-corrected chi connectivity index (χ0v) is 23.1. The maximum absolute atomic E-state index is 13.7. The number of aromatic amines is 1. The monoisotopic (exact) mass is 566 g/mol. The van der Waals surface area contributed by atoms with Crippen LogP contribution >= 0.6 is 0 Å². The summed E-state index contributed by atoms with van der Waals surface area (Å²) in [6.07, 6.45) is 1.80. The number of benzene rings is 4. The molecule has 0 aliphatic rings. The second kappa shape index (κ2) is 10.3. The number of hydrogen-bond donors (Lipinski definition) is 2. The Balaban J connectivity index is 1.37. The van der Waals surface area contributed by atoms with Gasteiger partial charge in [0, 0.05) is 34.5 Å². The van der Waals surface area contributed by atoms with Crippen molar-refractivity contribution in [3.63, 3.8) is 0 Å². The van der Waals surface area contributed by atoms with E-state index in [1.165, 1.54) is 12.1 Å². The molecule has 6 rings (SSSR count). The second-order valence-electron chi connectivity index (χ2n) is 9.97. The van der Waals surface area contributed by atoms with E-state index in [1.807, 2.05) is 43.3 Å². The lowest BCUT2D eigenvalue weighted by atomic mass is 10.0. The first-order valence-corrected chi connectivity index (χ1v) is 14.5. The summed E-state index contributed by atoms with van der Waals surface area (Å²) >= 11 is 0. The van der Waals surface area contributed by atoms with Crippen molar-refractivity contribution in [2.75, 3.05) is 0 Å². The Bertz CT molecular complexity index is 2110. The summed E-state index contributed by atoms with van der Waals surface area (Å²) in [7, 11) is -4.07. The van der Waals surface area contributed by atoms with E-state index >= 15 is 0 Å². The normalized spacial score (nSPS) is 12.6. The van der Waals surface area contributed by atoms with Gasteiger partial charge in [-0.25, -0.2) is 18.0 Å². The van der Waals surface area contributed by atoms with Gasteiger partial charge in [0.25, 0.3) is 0 Å². The summed E-state index contributed by atoms with van der Waals surface area (Å²) < 4.78 is 40.6. The predicted molar refractivity (Wildman–Crippen MR) is 158 cm³/mol. The predicted octanol–water partition coefficient (Wildman–Crippen LogP) is 5.54. The summed E-state index contributed by atoms with van der Waals surface area (Å²) in [5.74, 6) is -0.629. The number of fused-ring (bicyclic) bond motifs is 4. The van der Waals surface area contributed by atoms with Gasteiger partial charge >= 0.3 is 11.6 Å². The average Bonchev–Trinajstić information content (AvgIpc) is 3.37. The van der Waals surface area contributed by atoms with Crippen LogP contribution in [0, 0.1) is 13.8 Å². The first-order chi connectivity index (χ1) is 19.7. The number of aromatic nitrogens is 1. The number of ether oxygens (including phenoxy) is 1. The van der Waals surface area contributed by atoms with Crippen molar-refractivity contribution in [1.29, 1.82) is 0 Å². The number of H-pyrrole nitrogens is 1. The molecule has 0 spiro atoms. The summed E-state index contributed by atoms with van der Waals surface area (Å²) in [6, 6.07) is 23.1. The standard InChI is InChI=1S/C32H26N2O6S/c1-19-11-13-22(14-12-19)41(37,38)34-28(17-21-18-33-27-10-6-5-7-23(21)27)32(36)39-29-16-15-25-24-8-3-4-9-26(24)31(35)40-30(25)20(29)2/h3-16,18,28,33-34H,17H2,1-2H3/t28-/m0/s1. The van der Waals surface area contributed by atoms with E-state index < -0.39 is 27.7 Å². The van der Waals surface area contributed by atoms with Gasteiger partial charge in [-0.1, -0.05) is 54.1 Å². The molecule has 0 bridgehead atoms. The number of esters is 1. The Kier molecular flexibility index (Phi) is 6.69. The molecule has 0 amide bonds. The molecule has 2 heterocycles. The van der Waals surface area contributed by atoms with Gasteiger partial charge in [-0.2, -0.15) is 4.72 Å². The van der Waals surface area contributed by atoms with E-state index in [1.54, 1.807) is 49.5 Å². The second-order valence-corrected chi connectivity index (χ2v) is 11.7. The Labute approximate surface area is 235 Å². The molecule has 9 heteroatoms. The summed E-state index contributed by atoms with van der Waals surface area (Å²) in [6.45, 7) is 3.55. The molecule has 0 aliphatic heterocycles. The molecule has 2 aromatic heterocycles. The minimum Gasteiger partial charge on any atom is -0.425 e. The highest BCUT2D eigenvalue weighted by Gasteiger charge is 2.29. The Morgan fingerprint density at radius 2 is 1.56 bits per heavy atom. The number of hydrogen-bond acceptors (Lipinski definition) is 6. The lowest BCUT2D eigenvalue weighted by molar-refractivity contribution is -0.136. The highest BCUT2D eigenvalue weighted by molar-refractivity contribution is 7.89. The molecule has 6 aromatic rings. The lowest BCUT2D eigenvalue weighted by Gasteiger charge is -2.19. The molecule has 1 atom stereocenters. The summed E-state index contributed by atoms with van der Waals surface area (Å²) in [4.78, 5) is 29.5. The number of para-hydroxylation sites is 1. The first kappa shape index (κ1) is 26.5. The van der Waals surface area contributed by atoms with E-state index in [4.69, 9.17) is 9.15 Å². The van der Waals surface area contributed by atoms with Gasteiger partial charge in [0.05, 0.1) is 10.3 Å². The topological polar surface area (TPSA) is 118 Å². The van der Waals surface area contributed by atoms with Crippen molar-refractivity contribution in [2.45, 2.75) is 31.2 Å². The smallest absolute Gasteiger partial charge is 0.344 e. The molecule has 0 fully saturated rings. The van der Waals surface area contributed by atoms with Gasteiger partial charge in [-0.3, -0.25) is 0 Å². The Morgan fingerprint density at radius 1 is 0.878 bits per heavy atom. The number of rotatable bonds is 7. The van der Waals surface area contributed by atoms with Crippen molar-refractivity contribution in [2.24, 2.45) is 0 Å². The van der Waals surface area contributed by atoms with Gasteiger partial charge in [0.2, 0.25) is 10.0 Å². The average molecular weight is 567 g/mol. The molecule has 41 heavy (non-hydrogen) atoms. The maximum Gasteiger partial charge on any atom is 0.344 e. The van der Waals surface area contributed by atoms with Crippen LogP contribution in [0.25, 0.3) is 32.6 Å². The van der Waals surface area contributed by atoms with Crippen LogP contribution in [0.15, 0.2) is 105 Å². The van der Waals surface area contributed by atoms with Gasteiger partial charge in [0.15, 0.2) is 0 Å². The van der Waals surface area contributed by atoms with Gasteiger partial charge in [0.1, 0.15) is 17.4 Å². The fourth-order valence-electron chi connectivity index (χ4n) is 5.02. The van der Waals surface area contributed by atoms with Crippen molar-refractivity contribution in [1.82, 2.24) is 9.71 Å². The van der Waals surface area contributed by atoms with Crippen LogP contribution in [0.2, 0.25) is 0 Å². The first-order valence-electron chi connectivity index (χ1n) is 13.0. The van der Waals surface area contributed by atoms with Crippen molar-refractivity contribution < 1.29 is 22.4 Å². The minimum atomic E-state index is -4.07. The molecular weight excluding hydrogens is 540 g/mol.